The molecule has 2 unspecified atom stereocenters. The van der Waals surface area contributed by atoms with E-state index in [9.17, 15) is 22.4 Å². The van der Waals surface area contributed by atoms with E-state index < -0.39 is 34.4 Å². The van der Waals surface area contributed by atoms with Crippen LogP contribution in [0.1, 0.15) is 19.4 Å². The molecule has 2 atom stereocenters. The van der Waals surface area contributed by atoms with Crippen LogP contribution in [0.2, 0.25) is 0 Å². The molecule has 30 heavy (non-hydrogen) atoms. The molecule has 0 radical (unpaired) electrons. The molecule has 0 spiro atoms. The molecule has 2 aromatic carbocycles. The summed E-state index contributed by atoms with van der Waals surface area (Å²) in [6.45, 7) is 3.32. The van der Waals surface area contributed by atoms with Gasteiger partial charge < -0.3 is 9.47 Å². The molecular weight excluding hydrogens is 424 g/mol. The van der Waals surface area contributed by atoms with Crippen molar-refractivity contribution in [2.24, 2.45) is 17.3 Å². The molecule has 2 aromatic rings. The molecule has 1 fully saturated rings. The molecule has 1 aliphatic carbocycles. The van der Waals surface area contributed by atoms with E-state index in [-0.39, 0.29) is 12.4 Å². The van der Waals surface area contributed by atoms with Gasteiger partial charge in [0.1, 0.15) is 29.0 Å². The second-order valence-corrected chi connectivity index (χ2v) is 8.06. The molecule has 0 saturated heterocycles. The molecule has 3 rings (SSSR count). The highest BCUT2D eigenvalue weighted by atomic mass is 35.5. The zero-order valence-corrected chi connectivity index (χ0v) is 16.9. The summed E-state index contributed by atoms with van der Waals surface area (Å²) in [7, 11) is 0. The summed E-state index contributed by atoms with van der Waals surface area (Å²) in [6, 6.07) is 12.3. The molecule has 0 aromatic heterocycles. The third kappa shape index (κ3) is 5.14. The van der Waals surface area contributed by atoms with Gasteiger partial charge in [-0.05, 0) is 53.3 Å². The van der Waals surface area contributed by atoms with Crippen molar-refractivity contribution in [3.05, 3.63) is 71.0 Å². The van der Waals surface area contributed by atoms with Gasteiger partial charge in [0.2, 0.25) is 0 Å². The summed E-state index contributed by atoms with van der Waals surface area (Å²) >= 11 is 5.30. The average Bonchev–Trinajstić information content (AvgIpc) is 3.21. The van der Waals surface area contributed by atoms with Gasteiger partial charge in [-0.1, -0.05) is 43.7 Å². The number of hydrogen-bond donors (Lipinski definition) is 0. The minimum Gasteiger partial charge on any atom is -0.461 e. The number of ether oxygens (including phenoxy) is 2. The van der Waals surface area contributed by atoms with Crippen molar-refractivity contribution in [1.82, 2.24) is 0 Å². The highest BCUT2D eigenvalue weighted by molar-refractivity contribution is 6.30. The van der Waals surface area contributed by atoms with Crippen molar-refractivity contribution in [2.75, 3.05) is 0 Å². The van der Waals surface area contributed by atoms with Gasteiger partial charge in [0, 0.05) is 0 Å². The van der Waals surface area contributed by atoms with Gasteiger partial charge in [-0.3, -0.25) is 4.79 Å². The van der Waals surface area contributed by atoms with Crippen LogP contribution in [-0.4, -0.2) is 12.1 Å². The van der Waals surface area contributed by atoms with Crippen molar-refractivity contribution in [1.29, 1.82) is 0 Å². The van der Waals surface area contributed by atoms with E-state index in [0.717, 1.165) is 6.08 Å². The minimum absolute atomic E-state index is 0.0601. The lowest BCUT2D eigenvalue weighted by molar-refractivity contribution is -0.147. The summed E-state index contributed by atoms with van der Waals surface area (Å²) in [4.78, 5) is 12.4. The van der Waals surface area contributed by atoms with Crippen LogP contribution in [0.3, 0.4) is 0 Å². The lowest BCUT2D eigenvalue weighted by atomic mass is 10.1. The first kappa shape index (κ1) is 22.2. The van der Waals surface area contributed by atoms with Crippen molar-refractivity contribution < 1.29 is 31.8 Å². The second-order valence-electron chi connectivity index (χ2n) is 7.65. The SMILES string of the molecule is CC1(C)C(C=C(Cl)C(F)(F)F)C1C(=O)OCc1cccc(Oc2ccc(F)cc2)c1. The normalized spacial score (nSPS) is 20.6. The van der Waals surface area contributed by atoms with Gasteiger partial charge in [0.15, 0.2) is 0 Å². The summed E-state index contributed by atoms with van der Waals surface area (Å²) in [5.41, 5.74) is -0.0300. The lowest BCUT2D eigenvalue weighted by Crippen LogP contribution is -2.11. The molecule has 8 heteroatoms. The maximum Gasteiger partial charge on any atom is 0.426 e. The van der Waals surface area contributed by atoms with Crippen LogP contribution in [0.15, 0.2) is 59.6 Å². The Balaban J connectivity index is 1.60. The van der Waals surface area contributed by atoms with Crippen molar-refractivity contribution >= 4 is 17.6 Å². The quantitative estimate of drug-likeness (QED) is 0.372. The Hall–Kier alpha value is -2.54. The molecule has 0 N–H and O–H groups in total. The van der Waals surface area contributed by atoms with Crippen LogP contribution in [0.5, 0.6) is 11.5 Å². The molecule has 1 saturated carbocycles. The second kappa shape index (κ2) is 8.30. The zero-order valence-electron chi connectivity index (χ0n) is 16.2. The van der Waals surface area contributed by atoms with Crippen LogP contribution >= 0.6 is 11.6 Å². The number of alkyl halides is 3. The molecule has 1 aliphatic rings. The smallest absolute Gasteiger partial charge is 0.426 e. The number of allylic oxidation sites excluding steroid dienone is 2. The van der Waals surface area contributed by atoms with Crippen LogP contribution < -0.4 is 4.74 Å². The van der Waals surface area contributed by atoms with E-state index in [0.29, 0.717) is 17.1 Å². The molecule has 0 bridgehead atoms. The predicted octanol–water partition coefficient (Wildman–Crippen LogP) is 6.62. The topological polar surface area (TPSA) is 35.5 Å². The molecule has 160 valence electrons. The standard InChI is InChI=1S/C22H19ClF4O3/c1-21(2)17(11-18(23)22(25,26)27)19(21)20(28)29-12-13-4-3-5-16(10-13)30-15-8-6-14(24)7-9-15/h3-11,17,19H,12H2,1-2H3. The number of carbonyl (C=O) groups is 1. The van der Waals surface area contributed by atoms with Crippen molar-refractivity contribution in [3.8, 4) is 11.5 Å². The minimum atomic E-state index is -4.64. The number of carbonyl (C=O) groups excluding carboxylic acids is 1. The van der Waals surface area contributed by atoms with Gasteiger partial charge in [0.05, 0.1) is 5.92 Å². The fourth-order valence-corrected chi connectivity index (χ4v) is 3.41. The van der Waals surface area contributed by atoms with E-state index in [1.54, 1.807) is 38.1 Å². The van der Waals surface area contributed by atoms with E-state index in [4.69, 9.17) is 21.1 Å². The van der Waals surface area contributed by atoms with Crippen LogP contribution in [0, 0.1) is 23.1 Å². The largest absolute Gasteiger partial charge is 0.461 e. The molecule has 0 aliphatic heterocycles. The summed E-state index contributed by atoms with van der Waals surface area (Å²) in [5.74, 6) is -1.39. The number of esters is 1. The Bertz CT molecular complexity index is 952. The van der Waals surface area contributed by atoms with Crippen LogP contribution in [0.4, 0.5) is 17.6 Å². The Morgan fingerprint density at radius 1 is 1.13 bits per heavy atom. The monoisotopic (exact) mass is 442 g/mol. The Morgan fingerprint density at radius 3 is 2.43 bits per heavy atom. The highest BCUT2D eigenvalue weighted by Crippen LogP contribution is 2.60. The van der Waals surface area contributed by atoms with E-state index in [1.165, 1.54) is 24.3 Å². The summed E-state index contributed by atoms with van der Waals surface area (Å²) in [5, 5.41) is -1.23. The number of rotatable bonds is 6. The van der Waals surface area contributed by atoms with Crippen molar-refractivity contribution in [2.45, 2.75) is 26.6 Å². The fraction of sp³-hybridized carbons (Fsp3) is 0.318. The molecular formula is C22H19ClF4O3. The highest BCUT2D eigenvalue weighted by Gasteiger charge is 2.62. The first-order chi connectivity index (χ1) is 14.0. The zero-order chi connectivity index (χ0) is 22.1. The van der Waals surface area contributed by atoms with Gasteiger partial charge in [-0.25, -0.2) is 4.39 Å². The third-order valence-electron chi connectivity index (χ3n) is 5.09. The summed E-state index contributed by atoms with van der Waals surface area (Å²) in [6.07, 6.45) is -3.76. The fourth-order valence-electron chi connectivity index (χ4n) is 3.27. The summed E-state index contributed by atoms with van der Waals surface area (Å²) < 4.78 is 61.9. The van der Waals surface area contributed by atoms with Crippen molar-refractivity contribution in [3.63, 3.8) is 0 Å². The number of benzene rings is 2. The molecule has 0 amide bonds. The molecule has 0 heterocycles. The van der Waals surface area contributed by atoms with Gasteiger partial charge in [-0.2, -0.15) is 13.2 Å². The Kier molecular flexibility index (Phi) is 6.13. The first-order valence-electron chi connectivity index (χ1n) is 9.12. The van der Waals surface area contributed by atoms with Gasteiger partial charge in [-0.15, -0.1) is 0 Å². The van der Waals surface area contributed by atoms with Crippen LogP contribution in [0.25, 0.3) is 0 Å². The maximum absolute atomic E-state index is 13.0. The Labute approximate surface area is 176 Å². The van der Waals surface area contributed by atoms with E-state index >= 15 is 0 Å². The van der Waals surface area contributed by atoms with Gasteiger partial charge in [0.25, 0.3) is 0 Å². The first-order valence-corrected chi connectivity index (χ1v) is 9.50. The maximum atomic E-state index is 13.0. The third-order valence-corrected chi connectivity index (χ3v) is 5.43. The van der Waals surface area contributed by atoms with Crippen LogP contribution in [-0.2, 0) is 16.1 Å². The lowest BCUT2D eigenvalue weighted by Gasteiger charge is -2.09. The predicted molar refractivity (Wildman–Crippen MR) is 103 cm³/mol. The molecule has 3 nitrogen and oxygen atoms in total. The van der Waals surface area contributed by atoms with E-state index in [1.807, 2.05) is 0 Å². The average molecular weight is 443 g/mol. The number of halogens is 5. The van der Waals surface area contributed by atoms with Gasteiger partial charge >= 0.3 is 12.1 Å². The van der Waals surface area contributed by atoms with E-state index in [2.05, 4.69) is 0 Å². The number of hydrogen-bond acceptors (Lipinski definition) is 3. The Morgan fingerprint density at radius 2 is 1.80 bits per heavy atom.